The largest absolute Gasteiger partial charge is 0.395 e. The summed E-state index contributed by atoms with van der Waals surface area (Å²) in [6.07, 6.45) is 0. The number of nitrogens with zero attached hydrogens (tertiary/aromatic N) is 1. The van der Waals surface area contributed by atoms with E-state index in [-0.39, 0.29) is 6.61 Å². The zero-order chi connectivity index (χ0) is 15.5. The van der Waals surface area contributed by atoms with E-state index in [1.54, 1.807) is 14.2 Å². The van der Waals surface area contributed by atoms with Gasteiger partial charge in [0.15, 0.2) is 0 Å². The number of ether oxygens (including phenoxy) is 2. The summed E-state index contributed by atoms with van der Waals surface area (Å²) in [6, 6.07) is 5.81. The van der Waals surface area contributed by atoms with Crippen LogP contribution in [0, 0.1) is 0 Å². The van der Waals surface area contributed by atoms with E-state index < -0.39 is 0 Å². The first-order valence-electron chi connectivity index (χ1n) is 7.05. The number of nitrogens with one attached hydrogen (secondary N) is 1. The van der Waals surface area contributed by atoms with Crippen LogP contribution in [0.3, 0.4) is 0 Å². The summed E-state index contributed by atoms with van der Waals surface area (Å²) in [5, 5.41) is 13.3. The van der Waals surface area contributed by atoms with E-state index in [1.807, 2.05) is 18.2 Å². The van der Waals surface area contributed by atoms with Crippen molar-refractivity contribution in [2.45, 2.75) is 6.54 Å². The first kappa shape index (κ1) is 18.2. The van der Waals surface area contributed by atoms with Crippen LogP contribution in [0.15, 0.2) is 18.2 Å². The topological polar surface area (TPSA) is 54.0 Å². The molecule has 21 heavy (non-hydrogen) atoms. The smallest absolute Gasteiger partial charge is 0.0637 e. The van der Waals surface area contributed by atoms with Crippen molar-refractivity contribution in [3.8, 4) is 0 Å². The lowest BCUT2D eigenvalue weighted by Gasteiger charge is -2.26. The molecule has 0 saturated carbocycles. The van der Waals surface area contributed by atoms with Crippen LogP contribution in [-0.2, 0) is 16.0 Å². The Labute approximate surface area is 131 Å². The van der Waals surface area contributed by atoms with E-state index in [0.717, 1.165) is 24.3 Å². The molecule has 0 aliphatic carbocycles. The summed E-state index contributed by atoms with van der Waals surface area (Å²) in [5.74, 6) is 0. The number of hydrogen-bond acceptors (Lipinski definition) is 5. The lowest BCUT2D eigenvalue weighted by molar-refractivity contribution is 0.199. The van der Waals surface area contributed by atoms with E-state index in [9.17, 15) is 5.11 Å². The highest BCUT2D eigenvalue weighted by atomic mass is 35.5. The molecule has 2 N–H and O–H groups in total. The Morgan fingerprint density at radius 2 is 1.95 bits per heavy atom. The Balaban J connectivity index is 2.80. The van der Waals surface area contributed by atoms with Gasteiger partial charge in [-0.1, -0.05) is 11.6 Å². The van der Waals surface area contributed by atoms with Crippen molar-refractivity contribution in [1.29, 1.82) is 0 Å². The maximum Gasteiger partial charge on any atom is 0.0637 e. The molecule has 0 fully saturated rings. The van der Waals surface area contributed by atoms with Crippen LogP contribution in [0.5, 0.6) is 0 Å². The normalized spacial score (nSPS) is 10.9. The number of aliphatic hydroxyl groups excluding tert-OH is 1. The predicted octanol–water partition coefficient (Wildman–Crippen LogP) is 1.52. The first-order valence-corrected chi connectivity index (χ1v) is 7.43. The molecule has 0 aromatic heterocycles. The second-order valence-corrected chi connectivity index (χ2v) is 5.08. The highest BCUT2D eigenvalue weighted by Crippen LogP contribution is 2.24. The van der Waals surface area contributed by atoms with Gasteiger partial charge in [0.05, 0.1) is 19.8 Å². The van der Waals surface area contributed by atoms with E-state index in [4.69, 9.17) is 21.1 Å². The number of rotatable bonds is 11. The third kappa shape index (κ3) is 6.63. The van der Waals surface area contributed by atoms with E-state index in [2.05, 4.69) is 10.2 Å². The second-order valence-electron chi connectivity index (χ2n) is 4.65. The molecular formula is C15H25ClN2O3. The molecule has 120 valence electrons. The van der Waals surface area contributed by atoms with Crippen molar-refractivity contribution in [3.63, 3.8) is 0 Å². The second kappa shape index (κ2) is 10.8. The van der Waals surface area contributed by atoms with Gasteiger partial charge in [-0.05, 0) is 23.8 Å². The Morgan fingerprint density at radius 1 is 1.19 bits per heavy atom. The molecule has 0 heterocycles. The number of hydrogen-bond donors (Lipinski definition) is 2. The molecule has 0 bridgehead atoms. The third-order valence-electron chi connectivity index (χ3n) is 3.12. The number of aliphatic hydroxyl groups is 1. The molecule has 5 nitrogen and oxygen atoms in total. The molecular weight excluding hydrogens is 292 g/mol. The standard InChI is InChI=1S/C15H25ClN2O3/c1-20-9-5-17-12-13-11-14(16)3-4-15(13)18(6-8-19)7-10-21-2/h3-4,11,17,19H,5-10,12H2,1-2H3. The summed E-state index contributed by atoms with van der Waals surface area (Å²) in [5.41, 5.74) is 2.17. The molecule has 0 spiro atoms. The van der Waals surface area contributed by atoms with E-state index in [1.165, 1.54) is 0 Å². The predicted molar refractivity (Wildman–Crippen MR) is 86.2 cm³/mol. The zero-order valence-electron chi connectivity index (χ0n) is 12.8. The molecule has 0 aliphatic heterocycles. The minimum atomic E-state index is 0.100. The van der Waals surface area contributed by atoms with Crippen LogP contribution in [0.2, 0.25) is 5.02 Å². The molecule has 1 rings (SSSR count). The summed E-state index contributed by atoms with van der Waals surface area (Å²) in [6.45, 7) is 4.15. The highest BCUT2D eigenvalue weighted by molar-refractivity contribution is 6.30. The van der Waals surface area contributed by atoms with Crippen molar-refractivity contribution >= 4 is 17.3 Å². The van der Waals surface area contributed by atoms with Crippen molar-refractivity contribution < 1.29 is 14.6 Å². The van der Waals surface area contributed by atoms with Crippen molar-refractivity contribution in [2.24, 2.45) is 0 Å². The van der Waals surface area contributed by atoms with E-state index in [0.29, 0.717) is 31.3 Å². The van der Waals surface area contributed by atoms with Crippen LogP contribution in [0.25, 0.3) is 0 Å². The van der Waals surface area contributed by atoms with Gasteiger partial charge in [0, 0.05) is 51.1 Å². The van der Waals surface area contributed by atoms with Crippen LogP contribution < -0.4 is 10.2 Å². The van der Waals surface area contributed by atoms with Crippen LogP contribution in [0.1, 0.15) is 5.56 Å². The van der Waals surface area contributed by atoms with Gasteiger partial charge in [-0.2, -0.15) is 0 Å². The molecule has 0 aliphatic rings. The SMILES string of the molecule is COCCNCc1cc(Cl)ccc1N(CCO)CCOC. The first-order chi connectivity index (χ1) is 10.2. The lowest BCUT2D eigenvalue weighted by Crippen LogP contribution is -2.31. The Hall–Kier alpha value is -0.850. The molecule has 1 aromatic rings. The molecule has 0 radical (unpaired) electrons. The molecule has 1 aromatic carbocycles. The lowest BCUT2D eigenvalue weighted by atomic mass is 10.1. The minimum Gasteiger partial charge on any atom is -0.395 e. The van der Waals surface area contributed by atoms with Crippen molar-refractivity contribution in [2.75, 3.05) is 58.6 Å². The van der Waals surface area contributed by atoms with Crippen molar-refractivity contribution in [3.05, 3.63) is 28.8 Å². The van der Waals surface area contributed by atoms with E-state index >= 15 is 0 Å². The minimum absolute atomic E-state index is 0.100. The van der Waals surface area contributed by atoms with Crippen molar-refractivity contribution in [1.82, 2.24) is 5.32 Å². The van der Waals surface area contributed by atoms with Gasteiger partial charge in [-0.15, -0.1) is 0 Å². The maximum atomic E-state index is 9.25. The number of benzene rings is 1. The van der Waals surface area contributed by atoms with Gasteiger partial charge < -0.3 is 24.8 Å². The monoisotopic (exact) mass is 316 g/mol. The molecule has 0 atom stereocenters. The van der Waals surface area contributed by atoms with Crippen LogP contribution >= 0.6 is 11.6 Å². The Morgan fingerprint density at radius 3 is 2.62 bits per heavy atom. The van der Waals surface area contributed by atoms with Gasteiger partial charge in [0.25, 0.3) is 0 Å². The fourth-order valence-electron chi connectivity index (χ4n) is 2.08. The fraction of sp³-hybridized carbons (Fsp3) is 0.600. The van der Waals surface area contributed by atoms with Gasteiger partial charge >= 0.3 is 0 Å². The quantitative estimate of drug-likeness (QED) is 0.606. The Kier molecular flexibility index (Phi) is 9.37. The maximum absolute atomic E-state index is 9.25. The average Bonchev–Trinajstić information content (AvgIpc) is 2.48. The van der Waals surface area contributed by atoms with Gasteiger partial charge in [0.1, 0.15) is 0 Å². The molecule has 6 heteroatoms. The van der Waals surface area contributed by atoms with Crippen LogP contribution in [0.4, 0.5) is 5.69 Å². The molecule has 0 saturated heterocycles. The number of methoxy groups -OCH3 is 2. The number of anilines is 1. The third-order valence-corrected chi connectivity index (χ3v) is 3.35. The zero-order valence-corrected chi connectivity index (χ0v) is 13.5. The number of halogens is 1. The average molecular weight is 317 g/mol. The van der Waals surface area contributed by atoms with Gasteiger partial charge in [0.2, 0.25) is 0 Å². The molecule has 0 amide bonds. The summed E-state index contributed by atoms with van der Waals surface area (Å²) in [7, 11) is 3.35. The highest BCUT2D eigenvalue weighted by Gasteiger charge is 2.11. The van der Waals surface area contributed by atoms with Gasteiger partial charge in [-0.3, -0.25) is 0 Å². The fourth-order valence-corrected chi connectivity index (χ4v) is 2.27. The summed E-state index contributed by atoms with van der Waals surface area (Å²) in [4.78, 5) is 2.10. The molecule has 0 unspecified atom stereocenters. The van der Waals surface area contributed by atoms with Gasteiger partial charge in [-0.25, -0.2) is 0 Å². The Bertz CT molecular complexity index is 405. The summed E-state index contributed by atoms with van der Waals surface area (Å²) < 4.78 is 10.2. The summed E-state index contributed by atoms with van der Waals surface area (Å²) >= 11 is 6.10. The van der Waals surface area contributed by atoms with Crippen LogP contribution in [-0.4, -0.2) is 58.8 Å².